The van der Waals surface area contributed by atoms with Gasteiger partial charge in [0.1, 0.15) is 6.61 Å². The molecule has 0 unspecified atom stereocenters. The lowest BCUT2D eigenvalue weighted by Gasteiger charge is -2.09. The fourth-order valence-corrected chi connectivity index (χ4v) is 3.25. The number of aromatic carboxylic acids is 1. The van der Waals surface area contributed by atoms with Gasteiger partial charge in [0.2, 0.25) is 5.75 Å². The molecule has 1 amide bonds. The van der Waals surface area contributed by atoms with Gasteiger partial charge in [-0.25, -0.2) is 14.6 Å². The minimum atomic E-state index is -1.56. The predicted molar refractivity (Wildman–Crippen MR) is 105 cm³/mol. The number of thiophene rings is 1. The zero-order valence-corrected chi connectivity index (χ0v) is 15.7. The van der Waals surface area contributed by atoms with Crippen LogP contribution >= 0.6 is 11.3 Å². The molecule has 0 saturated carbocycles. The normalized spacial score (nSPS) is 10.5. The van der Waals surface area contributed by atoms with Gasteiger partial charge >= 0.3 is 12.1 Å². The van der Waals surface area contributed by atoms with Crippen LogP contribution in [-0.4, -0.2) is 32.2 Å². The number of anilines is 1. The summed E-state index contributed by atoms with van der Waals surface area (Å²) in [5.74, 6) is -2.65. The second-order valence-corrected chi connectivity index (χ2v) is 6.72. The number of H-pyrrole nitrogens is 1. The zero-order chi connectivity index (χ0) is 21.0. The molecule has 0 aliphatic heterocycles. The van der Waals surface area contributed by atoms with Gasteiger partial charge in [-0.15, -0.1) is 11.3 Å². The first-order valence-corrected chi connectivity index (χ1v) is 9.13. The number of aromatic amines is 1. The Kier molecular flexibility index (Phi) is 5.90. The number of aromatic hydroxyl groups is 1. The van der Waals surface area contributed by atoms with E-state index in [1.165, 1.54) is 0 Å². The third-order valence-electron chi connectivity index (χ3n) is 3.81. The van der Waals surface area contributed by atoms with Crippen molar-refractivity contribution in [1.29, 1.82) is 0 Å². The molecule has 2 heterocycles. The maximum Gasteiger partial charge on any atom is 0.412 e. The number of carboxylic acids is 1. The van der Waals surface area contributed by atoms with Gasteiger partial charge in [-0.1, -0.05) is 24.3 Å². The van der Waals surface area contributed by atoms with Crippen molar-refractivity contribution in [3.8, 4) is 16.5 Å². The summed E-state index contributed by atoms with van der Waals surface area (Å²) in [5.41, 5.74) is 5.73. The molecule has 0 radical (unpaired) electrons. The van der Waals surface area contributed by atoms with Crippen LogP contribution in [0, 0.1) is 0 Å². The Hall–Kier alpha value is -3.70. The van der Waals surface area contributed by atoms with E-state index < -0.39 is 29.1 Å². The lowest BCUT2D eigenvalue weighted by Crippen LogP contribution is -2.16. The molecule has 0 aliphatic carbocycles. The average Bonchev–Trinajstić information content (AvgIpc) is 3.16. The number of hydrogen-bond donors (Lipinski definition) is 5. The van der Waals surface area contributed by atoms with Crippen LogP contribution in [0.4, 0.5) is 10.5 Å². The largest absolute Gasteiger partial charge is 0.501 e. The maximum absolute atomic E-state index is 12.1. The Balaban J connectivity index is 1.76. The Morgan fingerprint density at radius 2 is 2.03 bits per heavy atom. The highest BCUT2D eigenvalue weighted by molar-refractivity contribution is 7.14. The second-order valence-electron chi connectivity index (χ2n) is 5.81. The molecule has 10 nitrogen and oxygen atoms in total. The van der Waals surface area contributed by atoms with Gasteiger partial charge in [0.05, 0.1) is 10.6 Å². The lowest BCUT2D eigenvalue weighted by atomic mass is 10.1. The number of ether oxygens (including phenoxy) is 1. The Bertz CT molecular complexity index is 1120. The Morgan fingerprint density at radius 1 is 1.28 bits per heavy atom. The molecule has 29 heavy (non-hydrogen) atoms. The van der Waals surface area contributed by atoms with Crippen LogP contribution in [0.2, 0.25) is 0 Å². The van der Waals surface area contributed by atoms with Gasteiger partial charge in [-0.2, -0.15) is 0 Å². The van der Waals surface area contributed by atoms with E-state index in [0.717, 1.165) is 22.5 Å². The topological polar surface area (TPSA) is 168 Å². The molecule has 0 spiro atoms. The Labute approximate surface area is 167 Å². The summed E-state index contributed by atoms with van der Waals surface area (Å²) in [7, 11) is 0. The second kappa shape index (κ2) is 8.54. The van der Waals surface area contributed by atoms with Crippen molar-refractivity contribution in [3.63, 3.8) is 0 Å². The van der Waals surface area contributed by atoms with Crippen LogP contribution < -0.4 is 16.6 Å². The summed E-state index contributed by atoms with van der Waals surface area (Å²) in [6.45, 7) is 0.394. The van der Waals surface area contributed by atoms with E-state index in [9.17, 15) is 19.5 Å². The molecule has 3 rings (SSSR count). The van der Waals surface area contributed by atoms with E-state index in [1.54, 1.807) is 17.5 Å². The first kappa shape index (κ1) is 20.0. The van der Waals surface area contributed by atoms with Gasteiger partial charge in [-0.05, 0) is 22.6 Å². The third kappa shape index (κ3) is 4.59. The molecule has 150 valence electrons. The minimum absolute atomic E-state index is 0.0244. The third-order valence-corrected chi connectivity index (χ3v) is 4.73. The van der Waals surface area contributed by atoms with Gasteiger partial charge < -0.3 is 25.7 Å². The summed E-state index contributed by atoms with van der Waals surface area (Å²) in [4.78, 5) is 41.4. The first-order valence-electron chi connectivity index (χ1n) is 8.25. The van der Waals surface area contributed by atoms with E-state index in [0.29, 0.717) is 11.4 Å². The van der Waals surface area contributed by atoms with Crippen LogP contribution in [0.5, 0.6) is 5.75 Å². The van der Waals surface area contributed by atoms with Gasteiger partial charge in [0.25, 0.3) is 5.56 Å². The van der Waals surface area contributed by atoms with Crippen molar-refractivity contribution in [2.45, 2.75) is 13.2 Å². The monoisotopic (exact) mass is 416 g/mol. The SMILES string of the molecule is NCc1cccc(COC(=O)Nc2ccsc2-c2nc(C(=O)O)c(O)c(=O)[nH]2)c1. The van der Waals surface area contributed by atoms with Crippen molar-refractivity contribution in [1.82, 2.24) is 9.97 Å². The number of carbonyl (C=O) groups excluding carboxylic acids is 1. The first-order chi connectivity index (χ1) is 13.9. The number of carboxylic acid groups (broad SMARTS) is 1. The van der Waals surface area contributed by atoms with Crippen molar-refractivity contribution in [2.75, 3.05) is 5.32 Å². The van der Waals surface area contributed by atoms with E-state index in [-0.39, 0.29) is 18.1 Å². The highest BCUT2D eigenvalue weighted by atomic mass is 32.1. The van der Waals surface area contributed by atoms with Crippen molar-refractivity contribution >= 4 is 29.1 Å². The standard InChI is InChI=1S/C18H16N4O6S/c19-7-9-2-1-3-10(6-9)8-28-18(27)20-11-4-5-29-14(11)15-21-12(17(25)26)13(23)16(24)22-15/h1-6,23H,7-8,19H2,(H,20,27)(H,25,26)(H,21,22,24). The summed E-state index contributed by atoms with van der Waals surface area (Å²) in [6.07, 6.45) is -0.748. The number of nitrogens with two attached hydrogens (primary N) is 1. The van der Waals surface area contributed by atoms with Gasteiger partial charge in [0.15, 0.2) is 11.5 Å². The number of nitrogens with one attached hydrogen (secondary N) is 2. The van der Waals surface area contributed by atoms with Crippen LogP contribution in [-0.2, 0) is 17.9 Å². The van der Waals surface area contributed by atoms with Crippen LogP contribution in [0.1, 0.15) is 21.6 Å². The Morgan fingerprint density at radius 3 is 2.76 bits per heavy atom. The smallest absolute Gasteiger partial charge is 0.412 e. The number of carbonyl (C=O) groups is 2. The van der Waals surface area contributed by atoms with Crippen molar-refractivity contribution in [3.05, 3.63) is 62.9 Å². The van der Waals surface area contributed by atoms with Gasteiger partial charge in [0, 0.05) is 6.54 Å². The van der Waals surface area contributed by atoms with Crippen LogP contribution in [0.15, 0.2) is 40.5 Å². The van der Waals surface area contributed by atoms with Crippen molar-refractivity contribution < 1.29 is 24.5 Å². The summed E-state index contributed by atoms with van der Waals surface area (Å²) in [6, 6.07) is 8.83. The fourth-order valence-electron chi connectivity index (χ4n) is 2.46. The fraction of sp³-hybridized carbons (Fsp3) is 0.111. The molecule has 0 fully saturated rings. The van der Waals surface area contributed by atoms with Crippen molar-refractivity contribution in [2.24, 2.45) is 5.73 Å². The summed E-state index contributed by atoms with van der Waals surface area (Å²) < 4.78 is 5.18. The maximum atomic E-state index is 12.1. The lowest BCUT2D eigenvalue weighted by molar-refractivity contribution is 0.0686. The molecule has 11 heteroatoms. The van der Waals surface area contributed by atoms with Gasteiger partial charge in [-0.3, -0.25) is 10.1 Å². The highest BCUT2D eigenvalue weighted by Crippen LogP contribution is 2.31. The van der Waals surface area contributed by atoms with Crippen LogP contribution in [0.3, 0.4) is 0 Å². The predicted octanol–water partition coefficient (Wildman–Crippen LogP) is 2.11. The molecular formula is C18H16N4O6S. The average molecular weight is 416 g/mol. The van der Waals surface area contributed by atoms with E-state index in [1.807, 2.05) is 18.2 Å². The van der Waals surface area contributed by atoms with E-state index in [4.69, 9.17) is 15.6 Å². The molecule has 2 aromatic heterocycles. The molecule has 0 bridgehead atoms. The minimum Gasteiger partial charge on any atom is -0.501 e. The number of hydrogen-bond acceptors (Lipinski definition) is 8. The molecule has 0 aliphatic rings. The number of aromatic nitrogens is 2. The molecule has 6 N–H and O–H groups in total. The molecular weight excluding hydrogens is 400 g/mol. The quantitative estimate of drug-likeness (QED) is 0.407. The molecule has 0 saturated heterocycles. The molecule has 0 atom stereocenters. The summed E-state index contributed by atoms with van der Waals surface area (Å²) >= 11 is 1.11. The van der Waals surface area contributed by atoms with E-state index >= 15 is 0 Å². The zero-order valence-electron chi connectivity index (χ0n) is 14.8. The van der Waals surface area contributed by atoms with Crippen LogP contribution in [0.25, 0.3) is 10.7 Å². The number of benzene rings is 1. The molecule has 1 aromatic carbocycles. The number of nitrogens with zero attached hydrogens (tertiary/aromatic N) is 1. The molecule has 3 aromatic rings. The summed E-state index contributed by atoms with van der Waals surface area (Å²) in [5, 5.41) is 22.7. The number of rotatable bonds is 6. The van der Waals surface area contributed by atoms with E-state index in [2.05, 4.69) is 15.3 Å². The highest BCUT2D eigenvalue weighted by Gasteiger charge is 2.20. The number of amides is 1.